The van der Waals surface area contributed by atoms with Gasteiger partial charge in [-0.1, -0.05) is 12.1 Å². The molecule has 5 heterocycles. The van der Waals surface area contributed by atoms with Crippen LogP contribution in [0.25, 0.3) is 0 Å². The number of alkyl halides is 3. The minimum absolute atomic E-state index is 0.0242. The molecule has 1 unspecified atom stereocenters. The fourth-order valence-electron chi connectivity index (χ4n) is 6.46. The van der Waals surface area contributed by atoms with E-state index in [9.17, 15) is 31.5 Å². The fraction of sp³-hybridized carbons (Fsp3) is 0.448. The summed E-state index contributed by atoms with van der Waals surface area (Å²) in [6.07, 6.45) is -4.09. The molecule has 2 aromatic heterocycles. The van der Waals surface area contributed by atoms with E-state index in [2.05, 4.69) is 20.6 Å². The van der Waals surface area contributed by atoms with Gasteiger partial charge in [-0.05, 0) is 36.6 Å². The number of methoxy groups -OCH3 is 1. The van der Waals surface area contributed by atoms with Gasteiger partial charge in [0.05, 0.1) is 17.9 Å². The van der Waals surface area contributed by atoms with Gasteiger partial charge in [0.25, 0.3) is 0 Å². The van der Waals surface area contributed by atoms with Gasteiger partial charge in [-0.25, -0.2) is 28.3 Å². The molecule has 3 aliphatic rings. The lowest BCUT2D eigenvalue weighted by Crippen LogP contribution is -2.52. The molecule has 3 aliphatic heterocycles. The highest BCUT2D eigenvalue weighted by Crippen LogP contribution is 2.43. The number of anilines is 1. The first-order valence-electron chi connectivity index (χ1n) is 14.1. The number of nitrogens with one attached hydrogen (secondary N) is 2. The second-order valence-corrected chi connectivity index (χ2v) is 11.1. The monoisotopic (exact) mass is 620 g/mol. The Hall–Kier alpha value is -4.27. The van der Waals surface area contributed by atoms with Crippen LogP contribution in [0.4, 0.5) is 37.4 Å². The summed E-state index contributed by atoms with van der Waals surface area (Å²) in [5.41, 5.74) is -0.523. The van der Waals surface area contributed by atoms with Crippen LogP contribution in [0.1, 0.15) is 66.4 Å². The number of hydrogen-bond acceptors (Lipinski definition) is 6. The Morgan fingerprint density at radius 1 is 1.16 bits per heavy atom. The van der Waals surface area contributed by atoms with Crippen molar-refractivity contribution in [3.8, 4) is 0 Å². The maximum atomic E-state index is 14.8. The van der Waals surface area contributed by atoms with Crippen molar-refractivity contribution >= 4 is 17.9 Å². The molecule has 15 heteroatoms. The number of carbonyl (C=O) groups excluding carboxylic acids is 2. The van der Waals surface area contributed by atoms with Gasteiger partial charge >= 0.3 is 18.3 Å². The smallest absolute Gasteiger partial charge is 0.420 e. The summed E-state index contributed by atoms with van der Waals surface area (Å²) in [6, 6.07) is 5.95. The minimum atomic E-state index is -4.77. The molecule has 6 rings (SSSR count). The molecular formula is C29H29F5N6O4. The van der Waals surface area contributed by atoms with Gasteiger partial charge in [0.15, 0.2) is 17.7 Å². The highest BCUT2D eigenvalue weighted by atomic mass is 19.4. The van der Waals surface area contributed by atoms with Crippen LogP contribution in [0.3, 0.4) is 0 Å². The number of halogens is 5. The normalized spacial score (nSPS) is 21.9. The standard InChI is InChI=1S/C29H29F5N6O4/c1-43-23(29(32,33)34)21-14-36-25-20(8-7-16(15-40(21)25)17-4-2-6-19(30)22(17)31)37-26(41)39-12-9-28(10-13-39)18-5-3-11-35-24(18)38-27(42)44-28/h2-6,11,14,16,20,23H,7-10,12-13,15H2,1H3,(H,37,41)(H,35,38,42)/t16-,20-,23?/m1/s1. The summed E-state index contributed by atoms with van der Waals surface area (Å²) in [7, 11) is 0.926. The van der Waals surface area contributed by atoms with Crippen molar-refractivity contribution in [3.05, 3.63) is 77.0 Å². The summed E-state index contributed by atoms with van der Waals surface area (Å²) in [6.45, 7) is 0.306. The van der Waals surface area contributed by atoms with Crippen LogP contribution < -0.4 is 10.6 Å². The zero-order valence-corrected chi connectivity index (χ0v) is 23.5. The lowest BCUT2D eigenvalue weighted by molar-refractivity contribution is -0.218. The average molecular weight is 621 g/mol. The van der Waals surface area contributed by atoms with E-state index >= 15 is 0 Å². The molecule has 10 nitrogen and oxygen atoms in total. The predicted octanol–water partition coefficient (Wildman–Crippen LogP) is 5.69. The molecule has 0 bridgehead atoms. The number of imidazole rings is 1. The van der Waals surface area contributed by atoms with Crippen LogP contribution in [0, 0.1) is 11.6 Å². The van der Waals surface area contributed by atoms with Gasteiger partial charge in [0, 0.05) is 57.3 Å². The summed E-state index contributed by atoms with van der Waals surface area (Å²) in [5.74, 6) is -2.28. The molecule has 0 saturated carbocycles. The van der Waals surface area contributed by atoms with Gasteiger partial charge in [-0.15, -0.1) is 0 Å². The highest BCUT2D eigenvalue weighted by Gasteiger charge is 2.47. The molecule has 1 fully saturated rings. The molecule has 1 spiro atoms. The van der Waals surface area contributed by atoms with E-state index in [1.165, 1.54) is 21.6 Å². The lowest BCUT2D eigenvalue weighted by Gasteiger charge is -2.43. The maximum Gasteiger partial charge on any atom is 0.420 e. The van der Waals surface area contributed by atoms with E-state index in [0.29, 0.717) is 24.2 Å². The Morgan fingerprint density at radius 2 is 1.93 bits per heavy atom. The number of nitrogens with zero attached hydrogens (tertiary/aromatic N) is 4. The van der Waals surface area contributed by atoms with Crippen molar-refractivity contribution < 1.29 is 41.0 Å². The summed E-state index contributed by atoms with van der Waals surface area (Å²) >= 11 is 0. The third-order valence-electron chi connectivity index (χ3n) is 8.62. The summed E-state index contributed by atoms with van der Waals surface area (Å²) in [4.78, 5) is 35.7. The van der Waals surface area contributed by atoms with Crippen molar-refractivity contribution in [2.45, 2.75) is 62.1 Å². The van der Waals surface area contributed by atoms with Crippen molar-refractivity contribution in [1.29, 1.82) is 0 Å². The molecule has 1 aromatic carbocycles. The Labute approximate surface area is 248 Å². The molecule has 2 N–H and O–H groups in total. The number of urea groups is 1. The summed E-state index contributed by atoms with van der Waals surface area (Å²) < 4.78 is 82.5. The first kappa shape index (κ1) is 29.8. The Kier molecular flexibility index (Phi) is 7.68. The maximum absolute atomic E-state index is 14.8. The van der Waals surface area contributed by atoms with E-state index in [4.69, 9.17) is 9.47 Å². The van der Waals surface area contributed by atoms with E-state index in [1.807, 2.05) is 6.07 Å². The van der Waals surface area contributed by atoms with E-state index in [0.717, 1.165) is 19.4 Å². The minimum Gasteiger partial charge on any atom is -0.437 e. The number of amides is 3. The van der Waals surface area contributed by atoms with Gasteiger partial charge in [-0.2, -0.15) is 13.2 Å². The van der Waals surface area contributed by atoms with Crippen LogP contribution in [0.2, 0.25) is 0 Å². The Balaban J connectivity index is 1.25. The number of piperidine rings is 1. The summed E-state index contributed by atoms with van der Waals surface area (Å²) in [5, 5.41) is 5.47. The van der Waals surface area contributed by atoms with Gasteiger partial charge in [0.1, 0.15) is 17.2 Å². The first-order valence-corrected chi connectivity index (χ1v) is 14.1. The number of aromatic nitrogens is 3. The second kappa shape index (κ2) is 11.3. The third-order valence-corrected chi connectivity index (χ3v) is 8.62. The molecule has 3 amide bonds. The van der Waals surface area contributed by atoms with Crippen LogP contribution in [-0.4, -0.2) is 57.9 Å². The average Bonchev–Trinajstić information content (AvgIpc) is 3.29. The van der Waals surface area contributed by atoms with Crippen LogP contribution in [0.5, 0.6) is 0 Å². The SMILES string of the molecule is COC(c1cnc2n1C[C@H](c1cccc(F)c1F)CC[C@H]2NC(=O)N1CCC2(CC1)OC(=O)Nc1ncccc12)C(F)(F)F. The van der Waals surface area contributed by atoms with Crippen molar-refractivity contribution in [2.24, 2.45) is 0 Å². The highest BCUT2D eigenvalue weighted by molar-refractivity contribution is 5.87. The van der Waals surface area contributed by atoms with Gasteiger partial charge in [-0.3, -0.25) is 5.32 Å². The van der Waals surface area contributed by atoms with E-state index in [1.54, 1.807) is 12.3 Å². The number of benzene rings is 1. The van der Waals surface area contributed by atoms with Crippen LogP contribution >= 0.6 is 0 Å². The van der Waals surface area contributed by atoms with Crippen LogP contribution in [-0.2, 0) is 21.6 Å². The third kappa shape index (κ3) is 5.33. The predicted molar refractivity (Wildman–Crippen MR) is 144 cm³/mol. The molecule has 3 aromatic rings. The molecule has 1 saturated heterocycles. The van der Waals surface area contributed by atoms with Crippen molar-refractivity contribution in [3.63, 3.8) is 0 Å². The van der Waals surface area contributed by atoms with Crippen LogP contribution in [0.15, 0.2) is 42.7 Å². The zero-order chi connectivity index (χ0) is 31.2. The van der Waals surface area contributed by atoms with Gasteiger partial charge in [0.2, 0.25) is 0 Å². The van der Waals surface area contributed by atoms with E-state index in [-0.39, 0.29) is 49.6 Å². The molecule has 0 aliphatic carbocycles. The number of hydrogen-bond donors (Lipinski definition) is 2. The first-order chi connectivity index (χ1) is 21.0. The topological polar surface area (TPSA) is 111 Å². The lowest BCUT2D eigenvalue weighted by atomic mass is 9.83. The van der Waals surface area contributed by atoms with Crippen molar-refractivity contribution in [2.75, 3.05) is 25.5 Å². The number of carbonyl (C=O) groups is 2. The number of ether oxygens (including phenoxy) is 2. The number of rotatable bonds is 4. The van der Waals surface area contributed by atoms with Crippen molar-refractivity contribution in [1.82, 2.24) is 24.8 Å². The zero-order valence-electron chi connectivity index (χ0n) is 23.5. The molecule has 3 atom stereocenters. The number of pyridine rings is 1. The molecule has 44 heavy (non-hydrogen) atoms. The molecular weight excluding hydrogens is 591 g/mol. The largest absolute Gasteiger partial charge is 0.437 e. The quantitative estimate of drug-likeness (QED) is 0.363. The molecule has 0 radical (unpaired) electrons. The number of likely N-dealkylation sites (tertiary alicyclic amines) is 1. The number of fused-ring (bicyclic) bond motifs is 3. The van der Waals surface area contributed by atoms with Gasteiger partial charge < -0.3 is 24.3 Å². The Morgan fingerprint density at radius 3 is 2.66 bits per heavy atom. The van der Waals surface area contributed by atoms with E-state index < -0.39 is 53.6 Å². The fourth-order valence-corrected chi connectivity index (χ4v) is 6.46. The molecule has 234 valence electrons. The Bertz CT molecular complexity index is 1570. The second-order valence-electron chi connectivity index (χ2n) is 11.1.